The fourth-order valence-electron chi connectivity index (χ4n) is 2.08. The highest BCUT2D eigenvalue weighted by Gasteiger charge is 2.38. The Hall–Kier alpha value is -1.46. The van der Waals surface area contributed by atoms with Gasteiger partial charge in [0, 0.05) is 25.4 Å². The van der Waals surface area contributed by atoms with E-state index >= 15 is 0 Å². The van der Waals surface area contributed by atoms with Gasteiger partial charge in [0.2, 0.25) is 5.91 Å². The monoisotopic (exact) mass is 252 g/mol. The third kappa shape index (κ3) is 2.68. The molecule has 0 unspecified atom stereocenters. The van der Waals surface area contributed by atoms with E-state index in [0.29, 0.717) is 38.3 Å². The number of hydrogen-bond acceptors (Lipinski definition) is 3. The first-order valence-corrected chi connectivity index (χ1v) is 6.01. The van der Waals surface area contributed by atoms with Crippen molar-refractivity contribution in [3.05, 3.63) is 30.1 Å². The Kier molecular flexibility index (Phi) is 3.93. The van der Waals surface area contributed by atoms with Gasteiger partial charge in [-0.2, -0.15) is 0 Å². The molecule has 0 spiro atoms. The van der Waals surface area contributed by atoms with Crippen molar-refractivity contribution in [2.45, 2.75) is 12.8 Å². The average molecular weight is 252 g/mol. The van der Waals surface area contributed by atoms with Gasteiger partial charge < -0.3 is 15.8 Å². The molecule has 0 aliphatic carbocycles. The molecule has 1 aliphatic heterocycles. The van der Waals surface area contributed by atoms with Gasteiger partial charge in [-0.1, -0.05) is 0 Å². The van der Waals surface area contributed by atoms with Gasteiger partial charge in [-0.25, -0.2) is 4.39 Å². The van der Waals surface area contributed by atoms with Gasteiger partial charge in [0.15, 0.2) is 0 Å². The van der Waals surface area contributed by atoms with Crippen LogP contribution in [0.15, 0.2) is 24.3 Å². The zero-order chi connectivity index (χ0) is 13.0. The van der Waals surface area contributed by atoms with E-state index in [9.17, 15) is 9.18 Å². The van der Waals surface area contributed by atoms with Crippen LogP contribution in [0.5, 0.6) is 0 Å². The van der Waals surface area contributed by atoms with Crippen LogP contribution in [0.2, 0.25) is 0 Å². The Morgan fingerprint density at radius 2 is 1.94 bits per heavy atom. The summed E-state index contributed by atoms with van der Waals surface area (Å²) in [5.74, 6) is -0.437. The minimum absolute atomic E-state index is 0.111. The smallest absolute Gasteiger partial charge is 0.232 e. The van der Waals surface area contributed by atoms with Crippen LogP contribution in [0.3, 0.4) is 0 Å². The summed E-state index contributed by atoms with van der Waals surface area (Å²) in [5, 5.41) is 2.79. The zero-order valence-corrected chi connectivity index (χ0v) is 10.1. The van der Waals surface area contributed by atoms with Gasteiger partial charge in [-0.3, -0.25) is 4.79 Å². The summed E-state index contributed by atoms with van der Waals surface area (Å²) in [6.45, 7) is 1.39. The molecule has 0 aromatic heterocycles. The second-order valence-corrected chi connectivity index (χ2v) is 4.56. The second-order valence-electron chi connectivity index (χ2n) is 4.56. The van der Waals surface area contributed by atoms with Gasteiger partial charge in [0.1, 0.15) is 5.82 Å². The Labute approximate surface area is 105 Å². The van der Waals surface area contributed by atoms with E-state index in [-0.39, 0.29) is 11.7 Å². The predicted octanol–water partition coefficient (Wildman–Crippen LogP) is 1.52. The lowest BCUT2D eigenvalue weighted by Crippen LogP contribution is -2.46. The van der Waals surface area contributed by atoms with Gasteiger partial charge >= 0.3 is 0 Å². The molecule has 1 amide bonds. The molecule has 18 heavy (non-hydrogen) atoms. The zero-order valence-electron chi connectivity index (χ0n) is 10.1. The summed E-state index contributed by atoms with van der Waals surface area (Å²) in [6.07, 6.45) is 1.24. The molecule has 1 aromatic rings. The van der Waals surface area contributed by atoms with Crippen LogP contribution < -0.4 is 11.1 Å². The maximum Gasteiger partial charge on any atom is 0.232 e. The molecule has 1 aliphatic rings. The molecule has 1 heterocycles. The molecule has 0 atom stereocenters. The van der Waals surface area contributed by atoms with E-state index in [4.69, 9.17) is 10.5 Å². The average Bonchev–Trinajstić information content (AvgIpc) is 2.42. The highest BCUT2D eigenvalue weighted by molar-refractivity contribution is 5.95. The van der Waals surface area contributed by atoms with Crippen LogP contribution in [0.25, 0.3) is 0 Å². The lowest BCUT2D eigenvalue weighted by molar-refractivity contribution is -0.130. The number of nitrogens with one attached hydrogen (secondary N) is 1. The Morgan fingerprint density at radius 3 is 2.50 bits per heavy atom. The van der Waals surface area contributed by atoms with Crippen molar-refractivity contribution in [2.24, 2.45) is 11.1 Å². The summed E-state index contributed by atoms with van der Waals surface area (Å²) in [4.78, 5) is 12.3. The molecule has 4 nitrogen and oxygen atoms in total. The van der Waals surface area contributed by atoms with Crippen molar-refractivity contribution >= 4 is 11.6 Å². The number of halogens is 1. The minimum atomic E-state index is -0.563. The highest BCUT2D eigenvalue weighted by Crippen LogP contribution is 2.30. The molecule has 2 rings (SSSR count). The van der Waals surface area contributed by atoms with Crippen LogP contribution in [-0.2, 0) is 9.53 Å². The molecule has 1 fully saturated rings. The van der Waals surface area contributed by atoms with E-state index in [1.165, 1.54) is 24.3 Å². The van der Waals surface area contributed by atoms with Crippen molar-refractivity contribution in [2.75, 3.05) is 25.1 Å². The molecule has 0 bridgehead atoms. The molecule has 1 saturated heterocycles. The molecular formula is C13H17FN2O2. The second kappa shape index (κ2) is 5.46. The number of ether oxygens (including phenoxy) is 1. The summed E-state index contributed by atoms with van der Waals surface area (Å²) in [5.41, 5.74) is 5.76. The number of anilines is 1. The summed E-state index contributed by atoms with van der Waals surface area (Å²) >= 11 is 0. The number of carbonyl (C=O) groups excluding carboxylic acids is 1. The number of carbonyl (C=O) groups is 1. The summed E-state index contributed by atoms with van der Waals surface area (Å²) in [7, 11) is 0. The number of amides is 1. The quantitative estimate of drug-likeness (QED) is 0.857. The molecule has 1 aromatic carbocycles. The van der Waals surface area contributed by atoms with E-state index in [1.54, 1.807) is 0 Å². The number of rotatable bonds is 3. The van der Waals surface area contributed by atoms with Gasteiger partial charge in [0.05, 0.1) is 5.41 Å². The summed E-state index contributed by atoms with van der Waals surface area (Å²) < 4.78 is 18.0. The Bertz CT molecular complexity index is 414. The fourth-order valence-corrected chi connectivity index (χ4v) is 2.08. The number of nitrogens with two attached hydrogens (primary N) is 1. The third-order valence-electron chi connectivity index (χ3n) is 3.42. The van der Waals surface area contributed by atoms with Crippen LogP contribution in [0.4, 0.5) is 10.1 Å². The Balaban J connectivity index is 2.07. The van der Waals surface area contributed by atoms with Crippen molar-refractivity contribution < 1.29 is 13.9 Å². The van der Waals surface area contributed by atoms with Crippen LogP contribution in [0.1, 0.15) is 12.8 Å². The van der Waals surface area contributed by atoms with E-state index < -0.39 is 5.41 Å². The first-order chi connectivity index (χ1) is 8.66. The van der Waals surface area contributed by atoms with Gasteiger partial charge in [-0.15, -0.1) is 0 Å². The first-order valence-electron chi connectivity index (χ1n) is 6.01. The van der Waals surface area contributed by atoms with Crippen LogP contribution in [0, 0.1) is 11.2 Å². The van der Waals surface area contributed by atoms with Crippen molar-refractivity contribution in [3.63, 3.8) is 0 Å². The maximum atomic E-state index is 12.8. The number of hydrogen-bond donors (Lipinski definition) is 2. The summed E-state index contributed by atoms with van der Waals surface area (Å²) in [6, 6.07) is 5.71. The van der Waals surface area contributed by atoms with E-state index in [0.717, 1.165) is 0 Å². The van der Waals surface area contributed by atoms with Crippen LogP contribution >= 0.6 is 0 Å². The standard InChI is InChI=1S/C13H17FN2O2/c14-10-1-3-11(4-2-10)16-12(17)13(9-15)5-7-18-8-6-13/h1-4H,5-9,15H2,(H,16,17). The molecule has 3 N–H and O–H groups in total. The largest absolute Gasteiger partial charge is 0.381 e. The third-order valence-corrected chi connectivity index (χ3v) is 3.42. The maximum absolute atomic E-state index is 12.8. The van der Waals surface area contributed by atoms with Crippen LogP contribution in [-0.4, -0.2) is 25.7 Å². The SMILES string of the molecule is NCC1(C(=O)Nc2ccc(F)cc2)CCOCC1. The fraction of sp³-hybridized carbons (Fsp3) is 0.462. The molecule has 0 saturated carbocycles. The first kappa shape index (κ1) is 13.0. The van der Waals surface area contributed by atoms with Crippen molar-refractivity contribution in [1.82, 2.24) is 0 Å². The Morgan fingerprint density at radius 1 is 1.33 bits per heavy atom. The van der Waals surface area contributed by atoms with Gasteiger partial charge in [-0.05, 0) is 37.1 Å². The molecule has 98 valence electrons. The highest BCUT2D eigenvalue weighted by atomic mass is 19.1. The number of benzene rings is 1. The molecular weight excluding hydrogens is 235 g/mol. The van der Waals surface area contributed by atoms with E-state index in [1.807, 2.05) is 0 Å². The van der Waals surface area contributed by atoms with Crippen molar-refractivity contribution in [3.8, 4) is 0 Å². The van der Waals surface area contributed by atoms with Crippen molar-refractivity contribution in [1.29, 1.82) is 0 Å². The van der Waals surface area contributed by atoms with E-state index in [2.05, 4.69) is 5.32 Å². The topological polar surface area (TPSA) is 64.4 Å². The predicted molar refractivity (Wildman–Crippen MR) is 66.6 cm³/mol. The van der Waals surface area contributed by atoms with Gasteiger partial charge in [0.25, 0.3) is 0 Å². The molecule has 5 heteroatoms. The minimum Gasteiger partial charge on any atom is -0.381 e. The lowest BCUT2D eigenvalue weighted by atomic mass is 9.79. The normalized spacial score (nSPS) is 18.3. The molecule has 0 radical (unpaired) electrons. The lowest BCUT2D eigenvalue weighted by Gasteiger charge is -2.34.